The minimum atomic E-state index is -3.39. The van der Waals surface area contributed by atoms with Crippen molar-refractivity contribution in [2.75, 3.05) is 18.1 Å². The third kappa shape index (κ3) is 7.91. The van der Waals surface area contributed by atoms with Gasteiger partial charge in [-0.1, -0.05) is 54.2 Å². The second kappa shape index (κ2) is 12.3. The summed E-state index contributed by atoms with van der Waals surface area (Å²) in [6.45, 7) is 0.108. The van der Waals surface area contributed by atoms with Crippen LogP contribution >= 0.6 is 23.2 Å². The van der Waals surface area contributed by atoms with E-state index in [0.29, 0.717) is 30.5 Å². The van der Waals surface area contributed by atoms with Gasteiger partial charge in [-0.2, -0.15) is 0 Å². The smallest absolute Gasteiger partial charge is 0.326 e. The Morgan fingerprint density at radius 2 is 1.62 bits per heavy atom. The molecule has 1 saturated carbocycles. The number of carbonyl (C=O) groups excluding carboxylic acids is 2. The molecule has 4 N–H and O–H groups in total. The molecule has 200 valence electrons. The molecule has 2 aromatic rings. The summed E-state index contributed by atoms with van der Waals surface area (Å²) in [7, 11) is -3.39. The first-order chi connectivity index (χ1) is 17.4. The van der Waals surface area contributed by atoms with E-state index >= 15 is 0 Å². The summed E-state index contributed by atoms with van der Waals surface area (Å²) < 4.78 is 25.2. The fraction of sp³-hybridized carbons (Fsp3) is 0.400. The Hall–Kier alpha value is -2.66. The maximum absolute atomic E-state index is 13.2. The number of carbonyl (C=O) groups is 3. The van der Waals surface area contributed by atoms with E-state index in [9.17, 15) is 27.9 Å². The van der Waals surface area contributed by atoms with E-state index in [1.54, 1.807) is 42.5 Å². The quantitative estimate of drug-likeness (QED) is 0.323. The summed E-state index contributed by atoms with van der Waals surface area (Å²) in [5.74, 6) is -2.04. The third-order valence-electron chi connectivity index (χ3n) is 6.46. The van der Waals surface area contributed by atoms with Gasteiger partial charge in [0.1, 0.15) is 6.04 Å². The number of amides is 2. The van der Waals surface area contributed by atoms with Crippen LogP contribution in [-0.4, -0.2) is 50.2 Å². The molecule has 2 aromatic carbocycles. The van der Waals surface area contributed by atoms with Gasteiger partial charge in [0.05, 0.1) is 27.3 Å². The minimum Gasteiger partial charge on any atom is -0.480 e. The van der Waals surface area contributed by atoms with Gasteiger partial charge in [0.2, 0.25) is 15.9 Å². The second-order valence-corrected chi connectivity index (χ2v) is 11.9. The number of carboxylic acids is 1. The molecular weight excluding hydrogens is 541 g/mol. The first-order valence-corrected chi connectivity index (χ1v) is 14.4. The Bertz CT molecular complexity index is 1240. The van der Waals surface area contributed by atoms with E-state index in [1.807, 2.05) is 0 Å². The number of nitrogens with one attached hydrogen (secondary N) is 3. The van der Waals surface area contributed by atoms with Crippen molar-refractivity contribution in [2.24, 2.45) is 5.41 Å². The average Bonchev–Trinajstić information content (AvgIpc) is 3.29. The number of carboxylic acid groups (broad SMARTS) is 1. The van der Waals surface area contributed by atoms with Crippen molar-refractivity contribution < 1.29 is 27.9 Å². The second-order valence-electron chi connectivity index (χ2n) is 9.22. The van der Waals surface area contributed by atoms with Crippen LogP contribution in [0.1, 0.15) is 48.0 Å². The average molecular weight is 570 g/mol. The summed E-state index contributed by atoms with van der Waals surface area (Å²) in [6.07, 6.45) is 4.15. The number of halogens is 2. The molecule has 0 saturated heterocycles. The zero-order valence-electron chi connectivity index (χ0n) is 20.2. The number of hydrogen-bond donors (Lipinski definition) is 4. The molecule has 0 aliphatic heterocycles. The SMILES string of the molecule is CS(=O)(=O)NCCC1(C(=O)N[C@@H](Cc2ccc(NC(=O)c3c(Cl)cccc3Cl)cc2)C(=O)O)CCCC1. The summed E-state index contributed by atoms with van der Waals surface area (Å²) >= 11 is 12.2. The Labute approximate surface area is 226 Å². The molecular formula is C25H29Cl2N3O6S. The number of rotatable bonds is 11. The van der Waals surface area contributed by atoms with Crippen molar-refractivity contribution >= 4 is 56.7 Å². The van der Waals surface area contributed by atoms with Crippen LogP contribution in [0.15, 0.2) is 42.5 Å². The van der Waals surface area contributed by atoms with Crippen LogP contribution < -0.4 is 15.4 Å². The molecule has 9 nitrogen and oxygen atoms in total. The van der Waals surface area contributed by atoms with Crippen LogP contribution in [-0.2, 0) is 26.0 Å². The molecule has 0 spiro atoms. The van der Waals surface area contributed by atoms with E-state index in [2.05, 4.69) is 15.4 Å². The molecule has 0 bridgehead atoms. The highest BCUT2D eigenvalue weighted by Crippen LogP contribution is 2.41. The fourth-order valence-electron chi connectivity index (χ4n) is 4.50. The standard InChI is InChI=1S/C25H29Cl2N3O6S/c1-37(35,36)28-14-13-25(11-2-3-12-25)24(34)30-20(23(32)33)15-16-7-9-17(10-8-16)29-22(31)21-18(26)5-4-6-19(21)27/h4-10,20,28H,2-3,11-15H2,1H3,(H,29,31)(H,30,34)(H,32,33)/t20-/m0/s1. The number of aliphatic carboxylic acids is 1. The molecule has 37 heavy (non-hydrogen) atoms. The summed E-state index contributed by atoms with van der Waals surface area (Å²) in [5, 5.41) is 15.6. The molecule has 12 heteroatoms. The van der Waals surface area contributed by atoms with Crippen molar-refractivity contribution in [1.82, 2.24) is 10.0 Å². The zero-order chi connectivity index (χ0) is 27.2. The minimum absolute atomic E-state index is 0.0311. The van der Waals surface area contributed by atoms with Gasteiger partial charge in [0.15, 0.2) is 0 Å². The van der Waals surface area contributed by atoms with Gasteiger partial charge >= 0.3 is 5.97 Å². The van der Waals surface area contributed by atoms with Crippen LogP contribution in [0.3, 0.4) is 0 Å². The number of hydrogen-bond acceptors (Lipinski definition) is 5. The molecule has 1 aliphatic rings. The van der Waals surface area contributed by atoms with Crippen LogP contribution in [0, 0.1) is 5.41 Å². The van der Waals surface area contributed by atoms with E-state index in [4.69, 9.17) is 23.2 Å². The number of sulfonamides is 1. The molecule has 0 radical (unpaired) electrons. The molecule has 2 amide bonds. The summed E-state index contributed by atoms with van der Waals surface area (Å²) in [5.41, 5.74) is 0.445. The van der Waals surface area contributed by atoms with Crippen molar-refractivity contribution in [2.45, 2.75) is 44.6 Å². The predicted molar refractivity (Wildman–Crippen MR) is 142 cm³/mol. The molecule has 1 aliphatic carbocycles. The predicted octanol–water partition coefficient (Wildman–Crippen LogP) is 3.86. The lowest BCUT2D eigenvalue weighted by molar-refractivity contribution is -0.144. The third-order valence-corrected chi connectivity index (χ3v) is 7.81. The van der Waals surface area contributed by atoms with Crippen LogP contribution in [0.2, 0.25) is 10.0 Å². The van der Waals surface area contributed by atoms with Gasteiger partial charge in [-0.15, -0.1) is 0 Å². The molecule has 1 atom stereocenters. The van der Waals surface area contributed by atoms with E-state index < -0.39 is 33.4 Å². The first-order valence-electron chi connectivity index (χ1n) is 11.7. The Morgan fingerprint density at radius 3 is 2.16 bits per heavy atom. The topological polar surface area (TPSA) is 142 Å². The van der Waals surface area contributed by atoms with E-state index in [1.165, 1.54) is 0 Å². The van der Waals surface area contributed by atoms with E-state index in [0.717, 1.165) is 19.1 Å². The molecule has 0 heterocycles. The van der Waals surface area contributed by atoms with E-state index in [-0.39, 0.29) is 34.5 Å². The van der Waals surface area contributed by atoms with Crippen LogP contribution in [0.5, 0.6) is 0 Å². The van der Waals surface area contributed by atoms with Gasteiger partial charge in [-0.05, 0) is 49.1 Å². The largest absolute Gasteiger partial charge is 0.480 e. The highest BCUT2D eigenvalue weighted by atomic mass is 35.5. The van der Waals surface area contributed by atoms with Gasteiger partial charge < -0.3 is 15.7 Å². The van der Waals surface area contributed by atoms with Crippen molar-refractivity contribution in [3.63, 3.8) is 0 Å². The molecule has 3 rings (SSSR count). The molecule has 0 aromatic heterocycles. The van der Waals surface area contributed by atoms with Crippen LogP contribution in [0.25, 0.3) is 0 Å². The summed E-state index contributed by atoms with van der Waals surface area (Å²) in [6, 6.07) is 10.1. The highest BCUT2D eigenvalue weighted by Gasteiger charge is 2.42. The Morgan fingerprint density at radius 1 is 1.03 bits per heavy atom. The Kier molecular flexibility index (Phi) is 9.57. The normalized spacial score (nSPS) is 15.6. The van der Waals surface area contributed by atoms with Gasteiger partial charge in [0.25, 0.3) is 5.91 Å². The fourth-order valence-corrected chi connectivity index (χ4v) is 5.54. The summed E-state index contributed by atoms with van der Waals surface area (Å²) in [4.78, 5) is 37.7. The molecule has 1 fully saturated rings. The number of anilines is 1. The number of benzene rings is 2. The monoisotopic (exact) mass is 569 g/mol. The lowest BCUT2D eigenvalue weighted by Gasteiger charge is -2.29. The van der Waals surface area contributed by atoms with Gasteiger partial charge in [-0.25, -0.2) is 17.9 Å². The maximum atomic E-state index is 13.2. The van der Waals surface area contributed by atoms with Gasteiger partial charge in [0, 0.05) is 18.7 Å². The highest BCUT2D eigenvalue weighted by molar-refractivity contribution is 7.88. The lowest BCUT2D eigenvalue weighted by atomic mass is 9.81. The maximum Gasteiger partial charge on any atom is 0.326 e. The van der Waals surface area contributed by atoms with Crippen LogP contribution in [0.4, 0.5) is 5.69 Å². The van der Waals surface area contributed by atoms with Crippen molar-refractivity contribution in [1.29, 1.82) is 0 Å². The van der Waals surface area contributed by atoms with Crippen molar-refractivity contribution in [3.8, 4) is 0 Å². The van der Waals surface area contributed by atoms with Gasteiger partial charge in [-0.3, -0.25) is 9.59 Å². The molecule has 0 unspecified atom stereocenters. The first kappa shape index (κ1) is 28.9. The Balaban J connectivity index is 1.65. The lowest BCUT2D eigenvalue weighted by Crippen LogP contribution is -2.49. The van der Waals surface area contributed by atoms with Crippen molar-refractivity contribution in [3.05, 3.63) is 63.6 Å². The zero-order valence-corrected chi connectivity index (χ0v) is 22.5.